The van der Waals surface area contributed by atoms with Crippen LogP contribution in [0, 0.1) is 0 Å². The van der Waals surface area contributed by atoms with E-state index in [2.05, 4.69) is 27.2 Å². The lowest BCUT2D eigenvalue weighted by atomic mass is 10.1. The van der Waals surface area contributed by atoms with Crippen LogP contribution in [-0.2, 0) is 11.2 Å². The average molecular weight is 394 g/mol. The summed E-state index contributed by atoms with van der Waals surface area (Å²) in [6.07, 6.45) is 12.7. The number of aryl methyl sites for hydroxylation is 1. The smallest absolute Gasteiger partial charge is 0.419 e. The molecule has 2 heterocycles. The highest BCUT2D eigenvalue weighted by molar-refractivity contribution is 6.33. The second-order valence-corrected chi connectivity index (χ2v) is 6.75. The van der Waals surface area contributed by atoms with Crippen molar-refractivity contribution in [3.8, 4) is 0 Å². The number of anilines is 1. The van der Waals surface area contributed by atoms with E-state index in [9.17, 15) is 4.79 Å². The number of ether oxygens (including phenoxy) is 1. The topological polar surface area (TPSA) is 81.9 Å². The molecule has 0 aromatic carbocycles. The quantitative estimate of drug-likeness (QED) is 0.556. The molecule has 0 aliphatic rings. The first-order valence-electron chi connectivity index (χ1n) is 9.56. The fourth-order valence-electron chi connectivity index (χ4n) is 2.77. The van der Waals surface area contributed by atoms with Gasteiger partial charge in [-0.1, -0.05) is 44.7 Å². The second kappa shape index (κ2) is 11.5. The van der Waals surface area contributed by atoms with E-state index in [0.29, 0.717) is 17.7 Å². The fourth-order valence-corrected chi connectivity index (χ4v) is 3.06. The molecule has 0 radical (unpaired) electrons. The normalized spacial score (nSPS) is 12.0. The zero-order chi connectivity index (χ0) is 19.5. The van der Waals surface area contributed by atoms with Gasteiger partial charge in [0.1, 0.15) is 23.5 Å². The molecule has 7 nitrogen and oxygen atoms in total. The Morgan fingerprint density at radius 3 is 2.78 bits per heavy atom. The maximum absolute atomic E-state index is 11.6. The lowest BCUT2D eigenvalue weighted by molar-refractivity contribution is 0.145. The van der Waals surface area contributed by atoms with E-state index in [1.54, 1.807) is 18.7 Å². The molecule has 1 N–H and O–H groups in total. The van der Waals surface area contributed by atoms with Gasteiger partial charge >= 0.3 is 6.09 Å². The molecule has 8 heteroatoms. The Kier molecular flexibility index (Phi) is 9.04. The van der Waals surface area contributed by atoms with Gasteiger partial charge < -0.3 is 10.1 Å². The number of halogens is 1. The highest BCUT2D eigenvalue weighted by atomic mass is 35.5. The average Bonchev–Trinajstić information content (AvgIpc) is 3.22. The largest absolute Gasteiger partial charge is 0.449 e. The van der Waals surface area contributed by atoms with Crippen LogP contribution in [0.4, 0.5) is 10.6 Å². The van der Waals surface area contributed by atoms with E-state index in [1.807, 2.05) is 6.92 Å². The van der Waals surface area contributed by atoms with Gasteiger partial charge in [0.2, 0.25) is 0 Å². The number of carbonyl (C=O) groups excluding carboxylic acids is 1. The molecule has 0 bridgehead atoms. The summed E-state index contributed by atoms with van der Waals surface area (Å²) in [7, 11) is 0. The maximum atomic E-state index is 11.6. The van der Waals surface area contributed by atoms with Gasteiger partial charge in [0.15, 0.2) is 0 Å². The summed E-state index contributed by atoms with van der Waals surface area (Å²) in [6.45, 7) is 4.62. The molecule has 1 atom stereocenters. The van der Waals surface area contributed by atoms with Crippen LogP contribution in [-0.4, -0.2) is 38.3 Å². The third-order valence-electron chi connectivity index (χ3n) is 4.42. The number of nitrogens with zero attached hydrogens (tertiary/aromatic N) is 4. The van der Waals surface area contributed by atoms with Crippen LogP contribution < -0.4 is 5.32 Å². The predicted octanol–water partition coefficient (Wildman–Crippen LogP) is 4.71. The van der Waals surface area contributed by atoms with Crippen molar-refractivity contribution in [3.63, 3.8) is 0 Å². The van der Waals surface area contributed by atoms with Gasteiger partial charge in [-0.2, -0.15) is 0 Å². The van der Waals surface area contributed by atoms with Gasteiger partial charge in [0, 0.05) is 18.4 Å². The third-order valence-corrected chi connectivity index (χ3v) is 4.82. The minimum atomic E-state index is -0.379. The Morgan fingerprint density at radius 1 is 1.26 bits per heavy atom. The number of hydrogen-bond acceptors (Lipinski definition) is 6. The van der Waals surface area contributed by atoms with Gasteiger partial charge in [-0.15, -0.1) is 0 Å². The molecule has 0 spiro atoms. The molecule has 0 aliphatic carbocycles. The molecule has 0 saturated carbocycles. The Hall–Kier alpha value is -2.15. The third kappa shape index (κ3) is 6.82. The van der Waals surface area contributed by atoms with E-state index >= 15 is 0 Å². The van der Waals surface area contributed by atoms with E-state index in [-0.39, 0.29) is 6.09 Å². The standard InChI is InChI=1S/C19H28ClN5O2/c1-3-15(24-18-17(20)16(4-2)22-13-23-18)9-7-5-6-8-12-27-19(26)25-11-10-21-14-25/h10-11,13-15H,3-9,12H2,1-2H3,(H,22,23,24). The molecule has 0 aliphatic heterocycles. The minimum absolute atomic E-state index is 0.334. The number of hydrogen-bond donors (Lipinski definition) is 1. The summed E-state index contributed by atoms with van der Waals surface area (Å²) in [5.74, 6) is 0.724. The van der Waals surface area contributed by atoms with Crippen molar-refractivity contribution in [2.75, 3.05) is 11.9 Å². The van der Waals surface area contributed by atoms with Crippen molar-refractivity contribution in [1.82, 2.24) is 19.5 Å². The van der Waals surface area contributed by atoms with Crippen LogP contribution in [0.2, 0.25) is 5.02 Å². The predicted molar refractivity (Wildman–Crippen MR) is 106 cm³/mol. The van der Waals surface area contributed by atoms with Crippen molar-refractivity contribution >= 4 is 23.5 Å². The van der Waals surface area contributed by atoms with Crippen molar-refractivity contribution in [2.24, 2.45) is 0 Å². The molecule has 2 aromatic heterocycles. The number of aromatic nitrogens is 4. The summed E-state index contributed by atoms with van der Waals surface area (Å²) >= 11 is 6.36. The molecule has 2 rings (SSSR count). The second-order valence-electron chi connectivity index (χ2n) is 6.37. The van der Waals surface area contributed by atoms with Crippen LogP contribution in [0.15, 0.2) is 25.0 Å². The van der Waals surface area contributed by atoms with Gasteiger partial charge in [0.25, 0.3) is 0 Å². The maximum Gasteiger partial charge on any atom is 0.419 e. The zero-order valence-electron chi connectivity index (χ0n) is 16.0. The summed E-state index contributed by atoms with van der Waals surface area (Å²) < 4.78 is 6.53. The lowest BCUT2D eigenvalue weighted by Crippen LogP contribution is -2.20. The molecule has 0 fully saturated rings. The number of unbranched alkanes of at least 4 members (excludes halogenated alkanes) is 3. The first kappa shape index (κ1) is 21.2. The number of imidazole rings is 1. The summed E-state index contributed by atoms with van der Waals surface area (Å²) in [5, 5.41) is 4.07. The Bertz CT molecular complexity index is 693. The lowest BCUT2D eigenvalue weighted by Gasteiger charge is -2.18. The first-order chi connectivity index (χ1) is 13.2. The van der Waals surface area contributed by atoms with Gasteiger partial charge in [-0.3, -0.25) is 0 Å². The molecule has 148 valence electrons. The molecule has 27 heavy (non-hydrogen) atoms. The Labute approximate surface area is 165 Å². The monoisotopic (exact) mass is 393 g/mol. The molecular formula is C19H28ClN5O2. The van der Waals surface area contributed by atoms with Crippen molar-refractivity contribution in [1.29, 1.82) is 0 Å². The van der Waals surface area contributed by atoms with Crippen LogP contribution in [0.5, 0.6) is 0 Å². The van der Waals surface area contributed by atoms with Gasteiger partial charge in [-0.25, -0.2) is 24.3 Å². The summed E-state index contributed by atoms with van der Waals surface area (Å²) in [5.41, 5.74) is 0.870. The Morgan fingerprint density at radius 2 is 2.07 bits per heavy atom. The molecule has 0 amide bonds. The van der Waals surface area contributed by atoms with Crippen molar-refractivity contribution in [2.45, 2.75) is 64.8 Å². The number of nitrogens with one attached hydrogen (secondary N) is 1. The van der Waals surface area contributed by atoms with Crippen LogP contribution in [0.1, 0.15) is 58.1 Å². The highest BCUT2D eigenvalue weighted by Crippen LogP contribution is 2.24. The van der Waals surface area contributed by atoms with E-state index < -0.39 is 0 Å². The zero-order valence-corrected chi connectivity index (χ0v) is 16.8. The number of rotatable bonds is 11. The van der Waals surface area contributed by atoms with Gasteiger partial charge in [0.05, 0.1) is 12.3 Å². The van der Waals surface area contributed by atoms with E-state index in [0.717, 1.165) is 56.5 Å². The summed E-state index contributed by atoms with van der Waals surface area (Å²) in [6, 6.07) is 0.334. The van der Waals surface area contributed by atoms with Crippen LogP contribution in [0.25, 0.3) is 0 Å². The molecule has 1 unspecified atom stereocenters. The molecule has 2 aromatic rings. The van der Waals surface area contributed by atoms with Gasteiger partial charge in [-0.05, 0) is 25.7 Å². The van der Waals surface area contributed by atoms with E-state index in [4.69, 9.17) is 16.3 Å². The SMILES string of the molecule is CCc1ncnc(NC(CC)CCCCCCOC(=O)n2ccnc2)c1Cl. The number of carbonyl (C=O) groups is 1. The van der Waals surface area contributed by atoms with Crippen LogP contribution >= 0.6 is 11.6 Å². The molecular weight excluding hydrogens is 366 g/mol. The summed E-state index contributed by atoms with van der Waals surface area (Å²) in [4.78, 5) is 23.9. The first-order valence-corrected chi connectivity index (χ1v) is 9.94. The molecule has 0 saturated heterocycles. The van der Waals surface area contributed by atoms with Crippen LogP contribution in [0.3, 0.4) is 0 Å². The minimum Gasteiger partial charge on any atom is -0.449 e. The fraction of sp³-hybridized carbons (Fsp3) is 0.579. The highest BCUT2D eigenvalue weighted by Gasteiger charge is 2.12. The Balaban J connectivity index is 1.61. The van der Waals surface area contributed by atoms with E-state index in [1.165, 1.54) is 10.9 Å². The van der Waals surface area contributed by atoms with Crippen molar-refractivity contribution in [3.05, 3.63) is 35.8 Å². The van der Waals surface area contributed by atoms with Crippen molar-refractivity contribution < 1.29 is 9.53 Å².